The minimum absolute atomic E-state index is 0.0354. The van der Waals surface area contributed by atoms with Gasteiger partial charge in [0.05, 0.1) is 11.8 Å². The zero-order chi connectivity index (χ0) is 26.1. The maximum Gasteiger partial charge on any atom is 0.262 e. The molecule has 3 aromatic rings. The molecule has 3 aromatic carbocycles. The van der Waals surface area contributed by atoms with Gasteiger partial charge in [-0.05, 0) is 67.3 Å². The number of rotatable bonds is 5. The Morgan fingerprint density at radius 1 is 1.03 bits per heavy atom. The zero-order valence-electron chi connectivity index (χ0n) is 20.9. The lowest BCUT2D eigenvalue weighted by atomic mass is 9.98. The SMILES string of the molecule is Cc1ccc(C2=NN(C3=NC(=O)[C@H](CC(=O)Nc4cc(C)cc(C)c4)S3)[C@H](c3cccc(Cl)c3)C2)cc1. The highest BCUT2D eigenvalue weighted by Gasteiger charge is 2.39. The van der Waals surface area contributed by atoms with Gasteiger partial charge in [-0.2, -0.15) is 10.1 Å². The Balaban J connectivity index is 1.35. The number of hydrogen-bond donors (Lipinski definition) is 1. The second-order valence-electron chi connectivity index (χ2n) is 9.50. The zero-order valence-corrected chi connectivity index (χ0v) is 22.4. The van der Waals surface area contributed by atoms with Gasteiger partial charge in [0.25, 0.3) is 5.91 Å². The number of anilines is 1. The number of amidine groups is 1. The Kier molecular flexibility index (Phi) is 7.17. The lowest BCUT2D eigenvalue weighted by Crippen LogP contribution is -2.25. The van der Waals surface area contributed by atoms with Crippen LogP contribution in [-0.4, -0.2) is 33.0 Å². The van der Waals surface area contributed by atoms with E-state index in [4.69, 9.17) is 16.7 Å². The molecule has 0 spiro atoms. The Labute approximate surface area is 225 Å². The first-order valence-corrected chi connectivity index (χ1v) is 13.4. The molecule has 0 aliphatic carbocycles. The van der Waals surface area contributed by atoms with Crippen LogP contribution in [0.4, 0.5) is 5.69 Å². The molecule has 0 bridgehead atoms. The van der Waals surface area contributed by atoms with Crippen molar-refractivity contribution in [1.82, 2.24) is 5.01 Å². The third kappa shape index (κ3) is 5.78. The fourth-order valence-electron chi connectivity index (χ4n) is 4.61. The number of nitrogens with one attached hydrogen (secondary N) is 1. The molecule has 37 heavy (non-hydrogen) atoms. The highest BCUT2D eigenvalue weighted by Crippen LogP contribution is 2.39. The maximum absolute atomic E-state index is 12.8. The third-order valence-electron chi connectivity index (χ3n) is 6.33. The van der Waals surface area contributed by atoms with Gasteiger partial charge in [-0.25, -0.2) is 5.01 Å². The van der Waals surface area contributed by atoms with Gasteiger partial charge in [0.2, 0.25) is 5.91 Å². The van der Waals surface area contributed by atoms with Crippen molar-refractivity contribution in [1.29, 1.82) is 0 Å². The maximum atomic E-state index is 12.8. The molecule has 5 rings (SSSR count). The lowest BCUT2D eigenvalue weighted by molar-refractivity contribution is -0.121. The second kappa shape index (κ2) is 10.5. The molecule has 2 atom stereocenters. The number of aliphatic imine (C=N–C) groups is 1. The van der Waals surface area contributed by atoms with Crippen LogP contribution >= 0.6 is 23.4 Å². The van der Waals surface area contributed by atoms with E-state index in [0.717, 1.165) is 33.7 Å². The summed E-state index contributed by atoms with van der Waals surface area (Å²) in [5.74, 6) is -0.539. The van der Waals surface area contributed by atoms with Crippen molar-refractivity contribution in [2.75, 3.05) is 5.32 Å². The van der Waals surface area contributed by atoms with E-state index in [1.807, 2.05) is 68.2 Å². The summed E-state index contributed by atoms with van der Waals surface area (Å²) < 4.78 is 0. The van der Waals surface area contributed by atoms with Gasteiger partial charge < -0.3 is 5.32 Å². The number of carbonyl (C=O) groups excluding carboxylic acids is 2. The molecule has 0 radical (unpaired) electrons. The van der Waals surface area contributed by atoms with Crippen molar-refractivity contribution < 1.29 is 9.59 Å². The molecule has 0 saturated carbocycles. The molecule has 6 nitrogen and oxygen atoms in total. The second-order valence-corrected chi connectivity index (χ2v) is 11.1. The lowest BCUT2D eigenvalue weighted by Gasteiger charge is -2.23. The van der Waals surface area contributed by atoms with E-state index in [-0.39, 0.29) is 24.3 Å². The van der Waals surface area contributed by atoms with Crippen molar-refractivity contribution in [3.05, 3.63) is 99.6 Å². The molecule has 2 amide bonds. The molecular weight excluding hydrogens is 504 g/mol. The van der Waals surface area contributed by atoms with E-state index in [1.165, 1.54) is 17.3 Å². The highest BCUT2D eigenvalue weighted by molar-refractivity contribution is 8.15. The van der Waals surface area contributed by atoms with Crippen LogP contribution in [-0.2, 0) is 9.59 Å². The van der Waals surface area contributed by atoms with E-state index >= 15 is 0 Å². The summed E-state index contributed by atoms with van der Waals surface area (Å²) in [5.41, 5.74) is 6.97. The van der Waals surface area contributed by atoms with Crippen molar-refractivity contribution >= 4 is 51.7 Å². The standard InChI is InChI=1S/C29H27ClN4O2S/c1-17-7-9-20(10-8-17)24-15-25(21-5-4-6-22(30)14-21)34(33-24)29-32-28(36)26(37-29)16-27(35)31-23-12-18(2)11-19(3)13-23/h4-14,25-26H,15-16H2,1-3H3,(H,31,35)/t25-,26-/m0/s1. The monoisotopic (exact) mass is 530 g/mol. The molecular formula is C29H27ClN4O2S. The van der Waals surface area contributed by atoms with Gasteiger partial charge in [-0.3, -0.25) is 9.59 Å². The van der Waals surface area contributed by atoms with Gasteiger partial charge in [-0.15, -0.1) is 0 Å². The topological polar surface area (TPSA) is 74.1 Å². The van der Waals surface area contributed by atoms with Crippen LogP contribution in [0.5, 0.6) is 0 Å². The molecule has 188 valence electrons. The molecule has 2 aliphatic heterocycles. The summed E-state index contributed by atoms with van der Waals surface area (Å²) in [7, 11) is 0. The Morgan fingerprint density at radius 2 is 1.76 bits per heavy atom. The molecule has 1 N–H and O–H groups in total. The minimum atomic E-state index is -0.598. The number of halogens is 1. The quantitative estimate of drug-likeness (QED) is 0.411. The van der Waals surface area contributed by atoms with Gasteiger partial charge in [0.1, 0.15) is 5.25 Å². The average molecular weight is 531 g/mol. The number of hydrogen-bond acceptors (Lipinski definition) is 5. The van der Waals surface area contributed by atoms with E-state index in [2.05, 4.69) is 34.6 Å². The third-order valence-corrected chi connectivity index (χ3v) is 7.71. The van der Waals surface area contributed by atoms with Crippen LogP contribution in [0.15, 0.2) is 76.8 Å². The summed E-state index contributed by atoms with van der Waals surface area (Å²) >= 11 is 7.59. The Bertz CT molecular complexity index is 1410. The summed E-state index contributed by atoms with van der Waals surface area (Å²) in [6.07, 6.45) is 0.683. The van der Waals surface area contributed by atoms with E-state index in [1.54, 1.807) is 0 Å². The van der Waals surface area contributed by atoms with Crippen LogP contribution in [0.3, 0.4) is 0 Å². The van der Waals surface area contributed by atoms with Crippen LogP contribution in [0.25, 0.3) is 0 Å². The van der Waals surface area contributed by atoms with Crippen molar-refractivity contribution in [3.63, 3.8) is 0 Å². The number of benzene rings is 3. The van der Waals surface area contributed by atoms with Crippen molar-refractivity contribution in [3.8, 4) is 0 Å². The highest BCUT2D eigenvalue weighted by atomic mass is 35.5. The predicted molar refractivity (Wildman–Crippen MR) is 151 cm³/mol. The number of nitrogens with zero attached hydrogens (tertiary/aromatic N) is 3. The predicted octanol–water partition coefficient (Wildman–Crippen LogP) is 6.44. The van der Waals surface area contributed by atoms with Crippen molar-refractivity contribution in [2.45, 2.75) is 44.9 Å². The number of carbonyl (C=O) groups is 2. The van der Waals surface area contributed by atoms with E-state index < -0.39 is 5.25 Å². The molecule has 0 saturated heterocycles. The van der Waals surface area contributed by atoms with E-state index in [0.29, 0.717) is 16.6 Å². The summed E-state index contributed by atoms with van der Waals surface area (Å²) in [5, 5.41) is 10.2. The normalized spacial score (nSPS) is 19.1. The van der Waals surface area contributed by atoms with Crippen LogP contribution < -0.4 is 5.32 Å². The first-order chi connectivity index (χ1) is 17.7. The van der Waals surface area contributed by atoms with Crippen LogP contribution in [0.1, 0.15) is 46.7 Å². The van der Waals surface area contributed by atoms with Gasteiger partial charge in [-0.1, -0.05) is 71.4 Å². The fraction of sp³-hybridized carbons (Fsp3) is 0.241. The van der Waals surface area contributed by atoms with Gasteiger partial charge in [0.15, 0.2) is 5.17 Å². The van der Waals surface area contributed by atoms with Crippen molar-refractivity contribution in [2.24, 2.45) is 10.1 Å². The Hall–Kier alpha value is -3.42. The van der Waals surface area contributed by atoms with Gasteiger partial charge in [0, 0.05) is 23.6 Å². The molecule has 0 unspecified atom stereocenters. The average Bonchev–Trinajstić information content (AvgIpc) is 3.43. The Morgan fingerprint density at radius 3 is 2.46 bits per heavy atom. The number of aryl methyl sites for hydroxylation is 3. The van der Waals surface area contributed by atoms with E-state index in [9.17, 15) is 9.59 Å². The molecule has 0 aromatic heterocycles. The fourth-order valence-corrected chi connectivity index (χ4v) is 5.87. The molecule has 0 fully saturated rings. The van der Waals surface area contributed by atoms with Gasteiger partial charge >= 0.3 is 0 Å². The smallest absolute Gasteiger partial charge is 0.262 e. The number of thioether (sulfide) groups is 1. The minimum Gasteiger partial charge on any atom is -0.326 e. The number of amides is 2. The molecule has 2 heterocycles. The summed E-state index contributed by atoms with van der Waals surface area (Å²) in [4.78, 5) is 29.9. The first kappa shape index (κ1) is 25.2. The summed E-state index contributed by atoms with van der Waals surface area (Å²) in [6, 6.07) is 21.6. The van der Waals surface area contributed by atoms with Crippen LogP contribution in [0.2, 0.25) is 5.02 Å². The first-order valence-electron chi connectivity index (χ1n) is 12.1. The number of hydrazone groups is 1. The van der Waals surface area contributed by atoms with Crippen LogP contribution in [0, 0.1) is 20.8 Å². The largest absolute Gasteiger partial charge is 0.326 e. The molecule has 2 aliphatic rings. The summed E-state index contributed by atoms with van der Waals surface area (Å²) in [6.45, 7) is 6.01. The molecule has 8 heteroatoms.